The molecule has 3 aromatic rings. The van der Waals surface area contributed by atoms with Crippen LogP contribution in [0.15, 0.2) is 35.6 Å². The molecule has 4 rings (SSSR count). The van der Waals surface area contributed by atoms with E-state index in [4.69, 9.17) is 0 Å². The summed E-state index contributed by atoms with van der Waals surface area (Å²) >= 11 is 0. The number of halogens is 1. The van der Waals surface area contributed by atoms with Crippen molar-refractivity contribution in [3.63, 3.8) is 0 Å². The van der Waals surface area contributed by atoms with E-state index in [-0.39, 0.29) is 5.82 Å². The number of aryl methyl sites for hydroxylation is 1. The number of anilines is 1. The van der Waals surface area contributed by atoms with E-state index >= 15 is 0 Å². The van der Waals surface area contributed by atoms with Gasteiger partial charge in [0, 0.05) is 24.0 Å². The molecule has 146 valence electrons. The van der Waals surface area contributed by atoms with Crippen molar-refractivity contribution in [3.8, 4) is 11.1 Å². The molecule has 0 unspecified atom stereocenters. The lowest BCUT2D eigenvalue weighted by atomic mass is 10.0. The quantitative estimate of drug-likeness (QED) is 0.591. The van der Waals surface area contributed by atoms with E-state index in [1.807, 2.05) is 39.1 Å². The lowest BCUT2D eigenvalue weighted by molar-refractivity contribution is 0.576. The van der Waals surface area contributed by atoms with Gasteiger partial charge in [0.05, 0.1) is 11.7 Å². The summed E-state index contributed by atoms with van der Waals surface area (Å²) < 4.78 is 16.4. The summed E-state index contributed by atoms with van der Waals surface area (Å²) in [7, 11) is 0. The first kappa shape index (κ1) is 18.6. The second-order valence-corrected chi connectivity index (χ2v) is 7.86. The lowest BCUT2D eigenvalue weighted by Gasteiger charge is -2.10. The minimum atomic E-state index is -0.314. The summed E-state index contributed by atoms with van der Waals surface area (Å²) in [6.07, 6.45) is 8.91. The van der Waals surface area contributed by atoms with Gasteiger partial charge in [-0.1, -0.05) is 12.8 Å². The van der Waals surface area contributed by atoms with E-state index in [2.05, 4.69) is 20.4 Å². The van der Waals surface area contributed by atoms with Crippen molar-refractivity contribution in [1.82, 2.24) is 14.6 Å². The highest BCUT2D eigenvalue weighted by molar-refractivity contribution is 5.85. The molecule has 0 spiro atoms. The molecule has 0 saturated heterocycles. The third-order valence-electron chi connectivity index (χ3n) is 5.34. The van der Waals surface area contributed by atoms with Crippen LogP contribution in [0.3, 0.4) is 0 Å². The monoisotopic (exact) mass is 379 g/mol. The normalized spacial score (nSPS) is 14.6. The molecular formula is C22H26FN5. The highest BCUT2D eigenvalue weighted by atomic mass is 19.1. The fourth-order valence-electron chi connectivity index (χ4n) is 3.93. The Morgan fingerprint density at radius 1 is 1.29 bits per heavy atom. The van der Waals surface area contributed by atoms with E-state index < -0.39 is 0 Å². The molecule has 1 fully saturated rings. The maximum absolute atomic E-state index is 14.6. The second-order valence-electron chi connectivity index (χ2n) is 7.86. The number of hydrogen-bond acceptors (Lipinski definition) is 4. The van der Waals surface area contributed by atoms with Crippen LogP contribution in [0.5, 0.6) is 0 Å². The topological polar surface area (TPSA) is 54.6 Å². The molecule has 0 radical (unpaired) electrons. The minimum Gasteiger partial charge on any atom is -0.353 e. The Balaban J connectivity index is 1.62. The lowest BCUT2D eigenvalue weighted by Crippen LogP contribution is -2.13. The first-order valence-electron chi connectivity index (χ1n) is 9.92. The Bertz CT molecular complexity index is 1000. The highest BCUT2D eigenvalue weighted by Crippen LogP contribution is 2.32. The van der Waals surface area contributed by atoms with Gasteiger partial charge in [0.15, 0.2) is 0 Å². The van der Waals surface area contributed by atoms with Crippen LogP contribution in [-0.2, 0) is 0 Å². The van der Waals surface area contributed by atoms with E-state index in [9.17, 15) is 4.39 Å². The minimum absolute atomic E-state index is 0.314. The van der Waals surface area contributed by atoms with Crippen LogP contribution in [0.2, 0.25) is 0 Å². The van der Waals surface area contributed by atoms with E-state index in [0.29, 0.717) is 11.6 Å². The SMILES string of the molecule is CC(C)=Nc1c(C)cc(-c2ccn3nc(NCC4CCCC4)ncc23)cc1F. The number of fused-ring (bicyclic) bond motifs is 1. The molecule has 0 aliphatic heterocycles. The average Bonchev–Trinajstić information content (AvgIpc) is 3.32. The molecule has 1 aliphatic carbocycles. The van der Waals surface area contributed by atoms with Gasteiger partial charge in [-0.2, -0.15) is 0 Å². The summed E-state index contributed by atoms with van der Waals surface area (Å²) in [5.41, 5.74) is 4.62. The number of nitrogens with zero attached hydrogens (tertiary/aromatic N) is 4. The second kappa shape index (κ2) is 7.70. The van der Waals surface area contributed by atoms with Crippen LogP contribution in [0.25, 0.3) is 16.6 Å². The number of aromatic nitrogens is 3. The molecule has 2 aromatic heterocycles. The fourth-order valence-corrected chi connectivity index (χ4v) is 3.93. The van der Waals surface area contributed by atoms with Crippen LogP contribution < -0.4 is 5.32 Å². The molecule has 28 heavy (non-hydrogen) atoms. The zero-order valence-electron chi connectivity index (χ0n) is 16.7. The van der Waals surface area contributed by atoms with Crippen molar-refractivity contribution in [3.05, 3.63) is 42.0 Å². The standard InChI is InChI=1S/C22H26FN5/c1-14(2)26-21-15(3)10-17(11-19(21)23)18-8-9-28-20(18)13-25-22(27-28)24-12-16-6-4-5-7-16/h8-11,13,16H,4-7,12H2,1-3H3,(H,24,27). The number of rotatable bonds is 5. The molecule has 0 bridgehead atoms. The molecule has 1 aromatic carbocycles. The van der Waals surface area contributed by atoms with Gasteiger partial charge in [0.2, 0.25) is 5.95 Å². The van der Waals surface area contributed by atoms with E-state index in [1.165, 1.54) is 31.7 Å². The summed E-state index contributed by atoms with van der Waals surface area (Å²) in [4.78, 5) is 8.78. The maximum atomic E-state index is 14.6. The molecule has 2 heterocycles. The third-order valence-corrected chi connectivity index (χ3v) is 5.34. The smallest absolute Gasteiger partial charge is 0.241 e. The van der Waals surface area contributed by atoms with Gasteiger partial charge >= 0.3 is 0 Å². The Morgan fingerprint density at radius 2 is 2.07 bits per heavy atom. The summed E-state index contributed by atoms with van der Waals surface area (Å²) in [5.74, 6) is 1.04. The Morgan fingerprint density at radius 3 is 2.79 bits per heavy atom. The van der Waals surface area contributed by atoms with Gasteiger partial charge in [0.1, 0.15) is 11.5 Å². The first-order valence-corrected chi connectivity index (χ1v) is 9.92. The van der Waals surface area contributed by atoms with Crippen molar-refractivity contribution in [2.75, 3.05) is 11.9 Å². The summed E-state index contributed by atoms with van der Waals surface area (Å²) in [6.45, 7) is 6.53. The van der Waals surface area contributed by atoms with Crippen molar-refractivity contribution >= 4 is 22.9 Å². The molecule has 5 nitrogen and oxygen atoms in total. The Hall–Kier alpha value is -2.76. The zero-order chi connectivity index (χ0) is 19.7. The van der Waals surface area contributed by atoms with E-state index in [0.717, 1.165) is 40.4 Å². The van der Waals surface area contributed by atoms with Gasteiger partial charge in [-0.25, -0.2) is 13.9 Å². The molecule has 1 saturated carbocycles. The largest absolute Gasteiger partial charge is 0.353 e. The molecule has 6 heteroatoms. The van der Waals surface area contributed by atoms with E-state index in [1.54, 1.807) is 10.7 Å². The van der Waals surface area contributed by atoms with Crippen molar-refractivity contribution in [1.29, 1.82) is 0 Å². The molecule has 1 aliphatic rings. The molecule has 0 amide bonds. The fraction of sp³-hybridized carbons (Fsp3) is 0.409. The Kier molecular flexibility index (Phi) is 5.11. The van der Waals surface area contributed by atoms with Crippen LogP contribution >= 0.6 is 0 Å². The van der Waals surface area contributed by atoms with Crippen molar-refractivity contribution in [2.45, 2.75) is 46.5 Å². The first-order chi connectivity index (χ1) is 13.5. The van der Waals surface area contributed by atoms with Crippen molar-refractivity contribution in [2.24, 2.45) is 10.9 Å². The van der Waals surface area contributed by atoms with Crippen molar-refractivity contribution < 1.29 is 4.39 Å². The number of benzene rings is 1. The van der Waals surface area contributed by atoms with Crippen LogP contribution in [0.1, 0.15) is 45.1 Å². The molecular weight excluding hydrogens is 353 g/mol. The van der Waals surface area contributed by atoms with Crippen LogP contribution in [0, 0.1) is 18.7 Å². The predicted molar refractivity (Wildman–Crippen MR) is 112 cm³/mol. The van der Waals surface area contributed by atoms with Gasteiger partial charge in [-0.05, 0) is 68.9 Å². The number of nitrogens with one attached hydrogen (secondary N) is 1. The summed E-state index contributed by atoms with van der Waals surface area (Å²) in [6, 6.07) is 5.45. The van der Waals surface area contributed by atoms with Gasteiger partial charge in [0.25, 0.3) is 0 Å². The Labute approximate surface area is 164 Å². The van der Waals surface area contributed by atoms with Gasteiger partial charge < -0.3 is 5.32 Å². The average molecular weight is 379 g/mol. The van der Waals surface area contributed by atoms with Gasteiger partial charge in [-0.3, -0.25) is 4.99 Å². The number of aliphatic imine (C=N–C) groups is 1. The third kappa shape index (κ3) is 3.77. The summed E-state index contributed by atoms with van der Waals surface area (Å²) in [5, 5.41) is 7.92. The van der Waals surface area contributed by atoms with Crippen LogP contribution in [0.4, 0.5) is 16.0 Å². The van der Waals surface area contributed by atoms with Gasteiger partial charge in [-0.15, -0.1) is 5.10 Å². The maximum Gasteiger partial charge on any atom is 0.241 e. The molecule has 1 N–H and O–H groups in total. The van der Waals surface area contributed by atoms with Crippen LogP contribution in [-0.4, -0.2) is 26.9 Å². The zero-order valence-corrected chi connectivity index (χ0v) is 16.7. The molecule has 0 atom stereocenters. The predicted octanol–water partition coefficient (Wildman–Crippen LogP) is 5.56. The highest BCUT2D eigenvalue weighted by Gasteiger charge is 2.16. The number of hydrogen-bond donors (Lipinski definition) is 1.